The highest BCUT2D eigenvalue weighted by molar-refractivity contribution is 6.39. The summed E-state index contributed by atoms with van der Waals surface area (Å²) >= 11 is 0. The molecule has 3 heterocycles. The summed E-state index contributed by atoms with van der Waals surface area (Å²) in [5.74, 6) is -3.02. The predicted molar refractivity (Wildman–Crippen MR) is 169 cm³/mol. The number of hydrogen-bond donors (Lipinski definition) is 4. The number of Topliss-reactive ketones (excluding diaryl/α,β-unsaturated/α-hetero) is 1. The van der Waals surface area contributed by atoms with Crippen molar-refractivity contribution >= 4 is 29.6 Å². The second-order valence-corrected chi connectivity index (χ2v) is 14.7. The number of carbonyl (C=O) groups excluding carboxylic acids is 5. The van der Waals surface area contributed by atoms with E-state index in [0.717, 1.165) is 32.1 Å². The monoisotopic (exact) mass is 661 g/mol. The van der Waals surface area contributed by atoms with Crippen LogP contribution in [-0.2, 0) is 34.3 Å². The Morgan fingerprint density at radius 2 is 1.79 bits per heavy atom. The van der Waals surface area contributed by atoms with E-state index in [-0.39, 0.29) is 38.3 Å². The third-order valence-electron chi connectivity index (χ3n) is 9.28. The molecule has 1 aromatic heterocycles. The Morgan fingerprint density at radius 1 is 1.09 bits per heavy atom. The van der Waals surface area contributed by atoms with Gasteiger partial charge in [-0.05, 0) is 59.8 Å². The molecule has 15 nitrogen and oxygen atoms in total. The first kappa shape index (κ1) is 36.2. The molecule has 4 atom stereocenters. The number of hydrogen-bond acceptors (Lipinski definition) is 10. The average Bonchev–Trinajstić information content (AvgIpc) is 3.59. The largest absolute Gasteiger partial charge is 0.444 e. The number of alkyl carbamates (subject to hydrolysis) is 1. The van der Waals surface area contributed by atoms with Crippen LogP contribution in [0.2, 0.25) is 0 Å². The minimum Gasteiger partial charge on any atom is -0.444 e. The zero-order valence-electron chi connectivity index (χ0n) is 28.3. The van der Waals surface area contributed by atoms with Crippen LogP contribution in [0.15, 0.2) is 6.20 Å². The Hall–Kier alpha value is -3.59. The van der Waals surface area contributed by atoms with Crippen LogP contribution in [0.5, 0.6) is 0 Å². The lowest BCUT2D eigenvalue weighted by molar-refractivity contribution is -0.145. The highest BCUT2D eigenvalue weighted by Crippen LogP contribution is 2.34. The smallest absolute Gasteiger partial charge is 0.408 e. The van der Waals surface area contributed by atoms with E-state index in [4.69, 9.17) is 15.2 Å². The summed E-state index contributed by atoms with van der Waals surface area (Å²) in [5, 5.41) is 24.6. The van der Waals surface area contributed by atoms with Crippen LogP contribution in [-0.4, -0.2) is 97.6 Å². The van der Waals surface area contributed by atoms with Gasteiger partial charge in [-0.3, -0.25) is 19.2 Å². The first-order valence-electron chi connectivity index (χ1n) is 16.7. The molecule has 5 N–H and O–H groups in total. The van der Waals surface area contributed by atoms with Gasteiger partial charge in [-0.15, -0.1) is 5.10 Å². The summed E-state index contributed by atoms with van der Waals surface area (Å²) in [4.78, 5) is 68.5. The van der Waals surface area contributed by atoms with Crippen molar-refractivity contribution in [3.8, 4) is 0 Å². The quantitative estimate of drug-likeness (QED) is 0.266. The number of aliphatic hydroxyl groups is 1. The van der Waals surface area contributed by atoms with Crippen LogP contribution in [0.3, 0.4) is 0 Å². The van der Waals surface area contributed by atoms with Gasteiger partial charge in [0, 0.05) is 32.6 Å². The Kier molecular flexibility index (Phi) is 11.3. The summed E-state index contributed by atoms with van der Waals surface area (Å²) in [5.41, 5.74) is 2.11. The van der Waals surface area contributed by atoms with Crippen LogP contribution in [0.4, 0.5) is 4.79 Å². The van der Waals surface area contributed by atoms with E-state index in [1.54, 1.807) is 34.6 Å². The van der Waals surface area contributed by atoms with Crippen molar-refractivity contribution in [1.82, 2.24) is 30.5 Å². The molecule has 1 aromatic rings. The topological polar surface area (TPSA) is 208 Å². The first-order chi connectivity index (χ1) is 22.0. The van der Waals surface area contributed by atoms with Crippen LogP contribution < -0.4 is 16.4 Å². The molecular weight excluding hydrogens is 610 g/mol. The maximum Gasteiger partial charge on any atom is 0.408 e. The Balaban J connectivity index is 1.69. The van der Waals surface area contributed by atoms with Crippen molar-refractivity contribution in [3.63, 3.8) is 0 Å². The van der Waals surface area contributed by atoms with Crippen molar-refractivity contribution in [2.75, 3.05) is 19.8 Å². The fourth-order valence-corrected chi connectivity index (χ4v) is 6.98. The first-order valence-corrected chi connectivity index (χ1v) is 16.7. The van der Waals surface area contributed by atoms with Crippen molar-refractivity contribution in [3.05, 3.63) is 11.9 Å². The SMILES string of the molecule is CC(C)(C)OC(=O)N[C@H](CC1CCCCC1)C(=O)N1C[C@@H](n2nncc2C(C)(C)O)C[C@H]1C(=O)N[C@]1(C(=O)C(N)=O)CCCOCC1. The molecule has 2 aliphatic heterocycles. The molecule has 4 amide bonds. The van der Waals surface area contributed by atoms with Crippen molar-refractivity contribution in [1.29, 1.82) is 0 Å². The number of likely N-dealkylation sites (tertiary alicyclic amines) is 1. The summed E-state index contributed by atoms with van der Waals surface area (Å²) in [6, 6.07) is -2.67. The van der Waals surface area contributed by atoms with Gasteiger partial charge in [-0.2, -0.15) is 0 Å². The highest BCUT2D eigenvalue weighted by atomic mass is 16.6. The number of rotatable bonds is 10. The van der Waals surface area contributed by atoms with Gasteiger partial charge in [0.05, 0.1) is 17.9 Å². The molecular formula is C32H51N7O8. The summed E-state index contributed by atoms with van der Waals surface area (Å²) in [6.07, 6.45) is 6.73. The van der Waals surface area contributed by atoms with E-state index in [2.05, 4.69) is 20.9 Å². The number of ether oxygens (including phenoxy) is 2. The molecule has 47 heavy (non-hydrogen) atoms. The number of primary amides is 1. The van der Waals surface area contributed by atoms with E-state index in [1.165, 1.54) is 15.8 Å². The molecule has 0 bridgehead atoms. The molecule has 0 aromatic carbocycles. The third-order valence-corrected chi connectivity index (χ3v) is 9.28. The minimum atomic E-state index is -1.59. The second kappa shape index (κ2) is 14.7. The molecule has 0 radical (unpaired) electrons. The standard InChI is InChI=1S/C32H51N7O8/c1-30(2,3)47-29(44)35-22(16-20-10-7-6-8-11-20)28(43)38-19-21(39-24(18-34-37-39)31(4,5)45)17-23(38)27(42)36-32(25(40)26(33)41)12-9-14-46-15-13-32/h18,20-23,45H,6-17,19H2,1-5H3,(H2,33,41)(H,35,44)(H,36,42)/t21-,22+,23-,32+/m0/s1. The van der Waals surface area contributed by atoms with Gasteiger partial charge in [0.2, 0.25) is 17.6 Å². The van der Waals surface area contributed by atoms with Crippen molar-refractivity contribution in [2.45, 2.75) is 134 Å². The lowest BCUT2D eigenvalue weighted by Gasteiger charge is -2.35. The van der Waals surface area contributed by atoms with Crippen LogP contribution >= 0.6 is 0 Å². The van der Waals surface area contributed by atoms with E-state index in [9.17, 15) is 29.1 Å². The minimum absolute atomic E-state index is 0.0143. The Labute approximate surface area is 275 Å². The van der Waals surface area contributed by atoms with Gasteiger partial charge in [0.15, 0.2) is 0 Å². The van der Waals surface area contributed by atoms with Crippen LogP contribution in [0, 0.1) is 5.92 Å². The number of aromatic nitrogens is 3. The highest BCUT2D eigenvalue weighted by Gasteiger charge is 2.49. The Morgan fingerprint density at radius 3 is 2.43 bits per heavy atom. The molecule has 3 aliphatic rings. The molecule has 3 fully saturated rings. The average molecular weight is 662 g/mol. The second-order valence-electron chi connectivity index (χ2n) is 14.7. The number of nitrogens with one attached hydrogen (secondary N) is 2. The number of nitrogens with two attached hydrogens (primary N) is 1. The van der Waals surface area contributed by atoms with E-state index in [0.29, 0.717) is 25.1 Å². The Bertz CT molecular complexity index is 1300. The van der Waals surface area contributed by atoms with Gasteiger partial charge in [0.1, 0.15) is 28.8 Å². The third kappa shape index (κ3) is 9.06. The number of ketones is 1. The normalized spacial score (nSPS) is 25.0. The molecule has 0 spiro atoms. The molecule has 262 valence electrons. The summed E-state index contributed by atoms with van der Waals surface area (Å²) < 4.78 is 12.5. The number of nitrogens with zero attached hydrogens (tertiary/aromatic N) is 4. The summed E-state index contributed by atoms with van der Waals surface area (Å²) in [6.45, 7) is 8.87. The molecule has 4 rings (SSSR count). The summed E-state index contributed by atoms with van der Waals surface area (Å²) in [7, 11) is 0. The number of amides is 4. The lowest BCUT2D eigenvalue weighted by Crippen LogP contribution is -2.62. The van der Waals surface area contributed by atoms with Gasteiger partial charge in [0.25, 0.3) is 5.91 Å². The van der Waals surface area contributed by atoms with Crippen molar-refractivity contribution in [2.24, 2.45) is 11.7 Å². The molecule has 0 unspecified atom stereocenters. The lowest BCUT2D eigenvalue weighted by atomic mass is 9.84. The molecule has 15 heteroatoms. The van der Waals surface area contributed by atoms with Crippen molar-refractivity contribution < 1.29 is 38.6 Å². The van der Waals surface area contributed by atoms with Crippen LogP contribution in [0.25, 0.3) is 0 Å². The fraction of sp³-hybridized carbons (Fsp3) is 0.781. The van der Waals surface area contributed by atoms with E-state index in [1.807, 2.05) is 0 Å². The molecule has 1 saturated carbocycles. The zero-order valence-corrected chi connectivity index (χ0v) is 28.3. The van der Waals surface area contributed by atoms with Gasteiger partial charge in [-0.1, -0.05) is 37.3 Å². The fourth-order valence-electron chi connectivity index (χ4n) is 6.98. The maximum atomic E-state index is 14.5. The van der Waals surface area contributed by atoms with Crippen LogP contribution in [0.1, 0.15) is 111 Å². The molecule has 2 saturated heterocycles. The van der Waals surface area contributed by atoms with E-state index >= 15 is 0 Å². The predicted octanol–water partition coefficient (Wildman–Crippen LogP) is 1.62. The van der Waals surface area contributed by atoms with E-state index < -0.39 is 64.5 Å². The van der Waals surface area contributed by atoms with Gasteiger partial charge < -0.3 is 35.8 Å². The molecule has 1 aliphatic carbocycles. The number of carbonyl (C=O) groups is 5. The van der Waals surface area contributed by atoms with Gasteiger partial charge in [-0.25, -0.2) is 9.48 Å². The maximum absolute atomic E-state index is 14.5. The zero-order chi connectivity index (χ0) is 34.6. The van der Waals surface area contributed by atoms with Gasteiger partial charge >= 0.3 is 6.09 Å².